The summed E-state index contributed by atoms with van der Waals surface area (Å²) in [6.07, 6.45) is 5.40. The van der Waals surface area contributed by atoms with Crippen LogP contribution in [0.3, 0.4) is 0 Å². The Morgan fingerprint density at radius 1 is 1.06 bits per heavy atom. The van der Waals surface area contributed by atoms with Crippen LogP contribution in [-0.2, 0) is 6.54 Å². The molecule has 0 radical (unpaired) electrons. The van der Waals surface area contributed by atoms with Gasteiger partial charge in [0.25, 0.3) is 5.91 Å². The van der Waals surface area contributed by atoms with E-state index in [1.807, 2.05) is 48.5 Å². The Morgan fingerprint density at radius 2 is 1.89 bits per heavy atom. The van der Waals surface area contributed by atoms with Gasteiger partial charge >= 0.3 is 0 Å². The van der Waals surface area contributed by atoms with Crippen molar-refractivity contribution in [1.29, 1.82) is 0 Å². The zero-order chi connectivity index (χ0) is 24.0. The highest BCUT2D eigenvalue weighted by Crippen LogP contribution is 2.25. The number of hydrogen-bond donors (Lipinski definition) is 1. The second-order valence-corrected chi connectivity index (χ2v) is 9.15. The van der Waals surface area contributed by atoms with Crippen LogP contribution in [0.25, 0.3) is 22.3 Å². The lowest BCUT2D eigenvalue weighted by Gasteiger charge is -2.32. The van der Waals surface area contributed by atoms with E-state index in [0.29, 0.717) is 24.3 Å². The lowest BCUT2D eigenvalue weighted by molar-refractivity contribution is 0.0953. The van der Waals surface area contributed by atoms with Crippen LogP contribution in [0.5, 0.6) is 0 Å². The quantitative estimate of drug-likeness (QED) is 0.376. The molecule has 8 nitrogen and oxygen atoms in total. The van der Waals surface area contributed by atoms with Gasteiger partial charge in [-0.2, -0.15) is 5.10 Å². The summed E-state index contributed by atoms with van der Waals surface area (Å²) in [5, 5.41) is 8.38. The highest BCUT2D eigenvalue weighted by molar-refractivity contribution is 6.06. The normalized spacial score (nSPS) is 15.0. The minimum absolute atomic E-state index is 0.0910. The van der Waals surface area contributed by atoms with Crippen molar-refractivity contribution in [2.45, 2.75) is 19.4 Å². The Balaban J connectivity index is 1.30. The van der Waals surface area contributed by atoms with Crippen molar-refractivity contribution < 1.29 is 9.21 Å². The molecule has 1 N–H and O–H groups in total. The summed E-state index contributed by atoms with van der Waals surface area (Å²) in [6, 6.07) is 15.6. The maximum absolute atomic E-state index is 13.3. The fraction of sp³-hybridized carbons (Fsp3) is 0.370. The van der Waals surface area contributed by atoms with E-state index in [0.717, 1.165) is 68.0 Å². The fourth-order valence-electron chi connectivity index (χ4n) is 4.49. The molecule has 5 rings (SSSR count). The molecule has 1 aliphatic rings. The van der Waals surface area contributed by atoms with Gasteiger partial charge in [0.2, 0.25) is 0 Å². The molecule has 1 amide bonds. The van der Waals surface area contributed by atoms with E-state index in [-0.39, 0.29) is 5.91 Å². The number of pyridine rings is 1. The molecular weight excluding hydrogens is 440 g/mol. The SMILES string of the molecule is CN1CCN(CCCCNC(=O)c2cc(-c3ccccc3)nc3c2cnn3Cc2ccco2)CC1. The van der Waals surface area contributed by atoms with E-state index in [2.05, 4.69) is 27.3 Å². The molecule has 0 saturated carbocycles. The molecule has 3 aromatic heterocycles. The number of hydrogen-bond acceptors (Lipinski definition) is 6. The molecule has 1 fully saturated rings. The molecule has 0 aliphatic carbocycles. The zero-order valence-corrected chi connectivity index (χ0v) is 20.2. The lowest BCUT2D eigenvalue weighted by Crippen LogP contribution is -2.44. The fourth-order valence-corrected chi connectivity index (χ4v) is 4.49. The van der Waals surface area contributed by atoms with Crippen LogP contribution in [0.1, 0.15) is 29.0 Å². The number of furan rings is 1. The number of likely N-dealkylation sites (N-methyl/N-ethyl adjacent to an activating group) is 1. The number of carbonyl (C=O) groups is 1. The molecule has 4 aromatic rings. The highest BCUT2D eigenvalue weighted by Gasteiger charge is 2.18. The second kappa shape index (κ2) is 10.8. The van der Waals surface area contributed by atoms with Gasteiger partial charge in [-0.3, -0.25) is 4.79 Å². The Hall–Kier alpha value is -3.49. The third kappa shape index (κ3) is 5.61. The molecule has 4 heterocycles. The van der Waals surface area contributed by atoms with Crippen molar-refractivity contribution in [3.05, 3.63) is 72.3 Å². The number of nitrogens with one attached hydrogen (secondary N) is 1. The Morgan fingerprint density at radius 3 is 2.66 bits per heavy atom. The molecule has 35 heavy (non-hydrogen) atoms. The molecule has 1 saturated heterocycles. The highest BCUT2D eigenvalue weighted by atomic mass is 16.3. The predicted octanol–water partition coefficient (Wildman–Crippen LogP) is 3.50. The zero-order valence-electron chi connectivity index (χ0n) is 20.2. The van der Waals surface area contributed by atoms with E-state index in [4.69, 9.17) is 9.40 Å². The van der Waals surface area contributed by atoms with E-state index < -0.39 is 0 Å². The second-order valence-electron chi connectivity index (χ2n) is 9.15. The van der Waals surface area contributed by atoms with E-state index in [1.165, 1.54) is 0 Å². The lowest BCUT2D eigenvalue weighted by atomic mass is 10.1. The van der Waals surface area contributed by atoms with Crippen LogP contribution in [0, 0.1) is 0 Å². The number of aromatic nitrogens is 3. The summed E-state index contributed by atoms with van der Waals surface area (Å²) in [5.74, 6) is 0.694. The standard InChI is InChI=1S/C27H32N6O2/c1-31-13-15-32(16-14-31)12-6-5-11-28-27(34)23-18-25(21-8-3-2-4-9-21)30-26-24(23)19-29-33(26)20-22-10-7-17-35-22/h2-4,7-10,17-19H,5-6,11-16,20H2,1H3,(H,28,34). The van der Waals surface area contributed by atoms with E-state index in [9.17, 15) is 4.79 Å². The molecule has 1 aliphatic heterocycles. The van der Waals surface area contributed by atoms with Crippen molar-refractivity contribution in [3.8, 4) is 11.3 Å². The van der Waals surface area contributed by atoms with Crippen LogP contribution >= 0.6 is 0 Å². The third-order valence-electron chi connectivity index (χ3n) is 6.59. The molecule has 182 valence electrons. The molecule has 0 bridgehead atoms. The van der Waals surface area contributed by atoms with Gasteiger partial charge in [0.1, 0.15) is 12.3 Å². The van der Waals surface area contributed by atoms with E-state index in [1.54, 1.807) is 17.1 Å². The molecular formula is C27H32N6O2. The number of rotatable bonds is 9. The minimum atomic E-state index is -0.0910. The summed E-state index contributed by atoms with van der Waals surface area (Å²) in [6.45, 7) is 6.70. The monoisotopic (exact) mass is 472 g/mol. The van der Waals surface area contributed by atoms with Crippen molar-refractivity contribution in [2.75, 3.05) is 46.3 Å². The first kappa shape index (κ1) is 23.3. The third-order valence-corrected chi connectivity index (χ3v) is 6.59. The maximum Gasteiger partial charge on any atom is 0.252 e. The number of piperazine rings is 1. The first-order chi connectivity index (χ1) is 17.2. The molecule has 0 atom stereocenters. The van der Waals surface area contributed by atoms with E-state index >= 15 is 0 Å². The van der Waals surface area contributed by atoms with Gasteiger partial charge in [0.15, 0.2) is 5.65 Å². The first-order valence-electron chi connectivity index (χ1n) is 12.3. The summed E-state index contributed by atoms with van der Waals surface area (Å²) >= 11 is 0. The summed E-state index contributed by atoms with van der Waals surface area (Å²) in [5.41, 5.74) is 2.97. The molecule has 1 aromatic carbocycles. The van der Waals surface area contributed by atoms with Crippen LogP contribution in [-0.4, -0.2) is 76.8 Å². The maximum atomic E-state index is 13.3. The smallest absolute Gasteiger partial charge is 0.252 e. The van der Waals surface area contributed by atoms with Crippen LogP contribution in [0.15, 0.2) is 65.4 Å². The number of nitrogens with zero attached hydrogens (tertiary/aromatic N) is 5. The van der Waals surface area contributed by atoms with Gasteiger partial charge < -0.3 is 19.5 Å². The van der Waals surface area contributed by atoms with Crippen LogP contribution in [0.2, 0.25) is 0 Å². The number of benzene rings is 1. The summed E-state index contributed by atoms with van der Waals surface area (Å²) < 4.78 is 7.28. The molecule has 0 unspecified atom stereocenters. The molecule has 0 spiro atoms. The Kier molecular flexibility index (Phi) is 7.20. The number of fused-ring (bicyclic) bond motifs is 1. The first-order valence-corrected chi connectivity index (χ1v) is 12.3. The van der Waals surface area contributed by atoms with Crippen molar-refractivity contribution in [3.63, 3.8) is 0 Å². The predicted molar refractivity (Wildman–Crippen MR) is 136 cm³/mol. The topological polar surface area (TPSA) is 79.4 Å². The van der Waals surface area contributed by atoms with Gasteiger partial charge in [-0.15, -0.1) is 0 Å². The summed E-state index contributed by atoms with van der Waals surface area (Å²) in [4.78, 5) is 23.0. The van der Waals surface area contributed by atoms with Gasteiger partial charge in [-0.25, -0.2) is 9.67 Å². The van der Waals surface area contributed by atoms with Gasteiger partial charge in [0, 0.05) is 38.3 Å². The van der Waals surface area contributed by atoms with Crippen LogP contribution < -0.4 is 5.32 Å². The number of unbranched alkanes of at least 4 members (excludes halogenated alkanes) is 1. The van der Waals surface area contributed by atoms with Crippen LogP contribution in [0.4, 0.5) is 0 Å². The summed E-state index contributed by atoms with van der Waals surface area (Å²) in [7, 11) is 2.17. The Labute approximate surface area is 205 Å². The molecule has 8 heteroatoms. The number of carbonyl (C=O) groups excluding carboxylic acids is 1. The van der Waals surface area contributed by atoms with Gasteiger partial charge in [-0.1, -0.05) is 30.3 Å². The van der Waals surface area contributed by atoms with Crippen molar-refractivity contribution >= 4 is 16.9 Å². The van der Waals surface area contributed by atoms with Gasteiger partial charge in [0.05, 0.1) is 29.1 Å². The Bertz CT molecular complexity index is 1240. The average Bonchev–Trinajstić information content (AvgIpc) is 3.55. The van der Waals surface area contributed by atoms with Crippen molar-refractivity contribution in [1.82, 2.24) is 29.9 Å². The van der Waals surface area contributed by atoms with Crippen molar-refractivity contribution in [2.24, 2.45) is 0 Å². The average molecular weight is 473 g/mol. The number of amides is 1. The largest absolute Gasteiger partial charge is 0.467 e. The minimum Gasteiger partial charge on any atom is -0.467 e. The van der Waals surface area contributed by atoms with Gasteiger partial charge in [-0.05, 0) is 44.6 Å².